The van der Waals surface area contributed by atoms with Gasteiger partial charge >= 0.3 is 6.01 Å². The molecule has 1 fully saturated rings. The highest BCUT2D eigenvalue weighted by atomic mass is 16.5. The van der Waals surface area contributed by atoms with Crippen molar-refractivity contribution < 1.29 is 9.47 Å². The molecule has 0 unspecified atom stereocenters. The SMILES string of the molecule is CCCCOc1nc(N)c2ncn([C@@H]3CCCCO3)c2n1. The second-order valence-corrected chi connectivity index (χ2v) is 5.24. The second-order valence-electron chi connectivity index (χ2n) is 5.24. The first-order valence-corrected chi connectivity index (χ1v) is 7.54. The summed E-state index contributed by atoms with van der Waals surface area (Å²) in [5.41, 5.74) is 7.24. The Bertz CT molecular complexity index is 607. The normalized spacial score (nSPS) is 19.0. The van der Waals surface area contributed by atoms with Gasteiger partial charge in [0.15, 0.2) is 17.0 Å². The van der Waals surface area contributed by atoms with E-state index in [0.29, 0.717) is 29.6 Å². The van der Waals surface area contributed by atoms with Crippen LogP contribution in [0.5, 0.6) is 6.01 Å². The number of nitrogen functional groups attached to an aromatic ring is 1. The lowest BCUT2D eigenvalue weighted by molar-refractivity contribution is -0.0298. The number of rotatable bonds is 5. The van der Waals surface area contributed by atoms with Gasteiger partial charge in [0.05, 0.1) is 12.9 Å². The lowest BCUT2D eigenvalue weighted by atomic mass is 10.2. The van der Waals surface area contributed by atoms with E-state index in [4.69, 9.17) is 15.2 Å². The second kappa shape index (κ2) is 6.26. The Morgan fingerprint density at radius 2 is 2.33 bits per heavy atom. The van der Waals surface area contributed by atoms with Crippen LogP contribution in [0.2, 0.25) is 0 Å². The van der Waals surface area contributed by atoms with Gasteiger partial charge in [-0.15, -0.1) is 0 Å². The first-order valence-electron chi connectivity index (χ1n) is 7.54. The van der Waals surface area contributed by atoms with Gasteiger partial charge in [0.25, 0.3) is 0 Å². The van der Waals surface area contributed by atoms with Crippen molar-refractivity contribution >= 4 is 17.0 Å². The number of hydrogen-bond acceptors (Lipinski definition) is 6. The molecule has 1 aliphatic rings. The Kier molecular flexibility index (Phi) is 4.19. The fraction of sp³-hybridized carbons (Fsp3) is 0.643. The Morgan fingerprint density at radius 1 is 1.43 bits per heavy atom. The van der Waals surface area contributed by atoms with Gasteiger partial charge in [-0.3, -0.25) is 4.57 Å². The van der Waals surface area contributed by atoms with Crippen LogP contribution in [-0.2, 0) is 4.74 Å². The number of imidazole rings is 1. The molecule has 0 saturated carbocycles. The minimum atomic E-state index is -0.0264. The van der Waals surface area contributed by atoms with E-state index in [1.54, 1.807) is 6.33 Å². The van der Waals surface area contributed by atoms with E-state index in [-0.39, 0.29) is 6.23 Å². The molecule has 114 valence electrons. The van der Waals surface area contributed by atoms with Crippen LogP contribution in [0.1, 0.15) is 45.3 Å². The van der Waals surface area contributed by atoms with Crippen LogP contribution in [0.15, 0.2) is 6.33 Å². The van der Waals surface area contributed by atoms with Crippen molar-refractivity contribution in [3.8, 4) is 6.01 Å². The standard InChI is InChI=1S/C14H21N5O2/c1-2-3-7-21-14-17-12(15)11-13(18-14)19(9-16-11)10-6-4-5-8-20-10/h9-10H,2-8H2,1H3,(H2,15,17,18)/t10-/m0/s1. The highest BCUT2D eigenvalue weighted by Gasteiger charge is 2.20. The van der Waals surface area contributed by atoms with Crippen LogP contribution >= 0.6 is 0 Å². The van der Waals surface area contributed by atoms with Crippen LogP contribution < -0.4 is 10.5 Å². The number of unbranched alkanes of at least 4 members (excludes halogenated alkanes) is 1. The topological polar surface area (TPSA) is 88.1 Å². The average molecular weight is 291 g/mol. The van der Waals surface area contributed by atoms with Crippen LogP contribution in [-0.4, -0.2) is 32.7 Å². The number of nitrogens with two attached hydrogens (primary N) is 1. The first kappa shape index (κ1) is 14.1. The van der Waals surface area contributed by atoms with Crippen molar-refractivity contribution in [2.75, 3.05) is 18.9 Å². The molecule has 0 amide bonds. The Morgan fingerprint density at radius 3 is 3.10 bits per heavy atom. The molecule has 3 heterocycles. The maximum Gasteiger partial charge on any atom is 0.320 e. The fourth-order valence-corrected chi connectivity index (χ4v) is 2.44. The third-order valence-corrected chi connectivity index (χ3v) is 3.62. The van der Waals surface area contributed by atoms with E-state index < -0.39 is 0 Å². The third-order valence-electron chi connectivity index (χ3n) is 3.62. The quantitative estimate of drug-likeness (QED) is 0.850. The summed E-state index contributed by atoms with van der Waals surface area (Å²) in [5, 5.41) is 0. The van der Waals surface area contributed by atoms with Gasteiger partial charge in [-0.2, -0.15) is 9.97 Å². The van der Waals surface area contributed by atoms with Crippen molar-refractivity contribution in [1.82, 2.24) is 19.5 Å². The van der Waals surface area contributed by atoms with Gasteiger partial charge < -0.3 is 15.2 Å². The summed E-state index contributed by atoms with van der Waals surface area (Å²) in [6.07, 6.45) is 6.93. The molecule has 0 aromatic carbocycles. The molecule has 2 aromatic rings. The molecule has 1 aliphatic heterocycles. The van der Waals surface area contributed by atoms with Gasteiger partial charge in [-0.25, -0.2) is 4.98 Å². The van der Waals surface area contributed by atoms with E-state index in [2.05, 4.69) is 21.9 Å². The van der Waals surface area contributed by atoms with E-state index in [0.717, 1.165) is 38.7 Å². The first-order chi connectivity index (χ1) is 10.3. The zero-order chi connectivity index (χ0) is 14.7. The molecule has 7 nitrogen and oxygen atoms in total. The lowest BCUT2D eigenvalue weighted by Crippen LogP contribution is -2.18. The summed E-state index contributed by atoms with van der Waals surface area (Å²) in [6.45, 7) is 3.47. The maximum absolute atomic E-state index is 5.96. The Labute approximate surface area is 123 Å². The van der Waals surface area contributed by atoms with Crippen molar-refractivity contribution in [1.29, 1.82) is 0 Å². The van der Waals surface area contributed by atoms with Crippen molar-refractivity contribution in [3.05, 3.63) is 6.33 Å². The summed E-state index contributed by atoms with van der Waals surface area (Å²) < 4.78 is 13.3. The zero-order valence-electron chi connectivity index (χ0n) is 12.3. The smallest absolute Gasteiger partial charge is 0.320 e. The number of fused-ring (bicyclic) bond motifs is 1. The van der Waals surface area contributed by atoms with E-state index in [1.807, 2.05) is 4.57 Å². The van der Waals surface area contributed by atoms with Gasteiger partial charge in [-0.05, 0) is 25.7 Å². The fourth-order valence-electron chi connectivity index (χ4n) is 2.44. The maximum atomic E-state index is 5.96. The molecule has 0 bridgehead atoms. The average Bonchev–Trinajstić information content (AvgIpc) is 2.93. The van der Waals surface area contributed by atoms with E-state index in [9.17, 15) is 0 Å². The largest absolute Gasteiger partial charge is 0.463 e. The molecule has 1 atom stereocenters. The molecule has 2 aromatic heterocycles. The van der Waals surface area contributed by atoms with Crippen molar-refractivity contribution in [3.63, 3.8) is 0 Å². The predicted octanol–water partition coefficient (Wildman–Crippen LogP) is 2.29. The van der Waals surface area contributed by atoms with Gasteiger partial charge in [-0.1, -0.05) is 13.3 Å². The monoisotopic (exact) mass is 291 g/mol. The van der Waals surface area contributed by atoms with E-state index >= 15 is 0 Å². The molecule has 1 saturated heterocycles. The molecular weight excluding hydrogens is 270 g/mol. The molecule has 0 aliphatic carbocycles. The minimum Gasteiger partial charge on any atom is -0.463 e. The lowest BCUT2D eigenvalue weighted by Gasteiger charge is -2.23. The number of nitrogens with zero attached hydrogens (tertiary/aromatic N) is 4. The highest BCUT2D eigenvalue weighted by molar-refractivity contribution is 5.81. The molecule has 7 heteroatoms. The zero-order valence-corrected chi connectivity index (χ0v) is 12.3. The summed E-state index contributed by atoms with van der Waals surface area (Å²) in [4.78, 5) is 12.9. The minimum absolute atomic E-state index is 0.0264. The number of aromatic nitrogens is 4. The van der Waals surface area contributed by atoms with Crippen LogP contribution in [0.4, 0.5) is 5.82 Å². The molecule has 0 spiro atoms. The van der Waals surface area contributed by atoms with Crippen molar-refractivity contribution in [2.24, 2.45) is 0 Å². The number of ether oxygens (including phenoxy) is 2. The van der Waals surface area contributed by atoms with Gasteiger partial charge in [0.2, 0.25) is 0 Å². The summed E-state index contributed by atoms with van der Waals surface area (Å²) in [6, 6.07) is 0.311. The molecule has 3 rings (SSSR count). The van der Waals surface area contributed by atoms with E-state index in [1.165, 1.54) is 0 Å². The van der Waals surface area contributed by atoms with Crippen molar-refractivity contribution in [2.45, 2.75) is 45.3 Å². The van der Waals surface area contributed by atoms with Gasteiger partial charge in [0, 0.05) is 6.61 Å². The summed E-state index contributed by atoms with van der Waals surface area (Å²) in [7, 11) is 0. The van der Waals surface area contributed by atoms with Gasteiger partial charge in [0.1, 0.15) is 6.23 Å². The predicted molar refractivity (Wildman–Crippen MR) is 79.0 cm³/mol. The highest BCUT2D eigenvalue weighted by Crippen LogP contribution is 2.27. The van der Waals surface area contributed by atoms with Crippen LogP contribution in [0.25, 0.3) is 11.2 Å². The third kappa shape index (κ3) is 2.92. The number of hydrogen-bond donors (Lipinski definition) is 1. The molecule has 0 radical (unpaired) electrons. The molecule has 21 heavy (non-hydrogen) atoms. The molecular formula is C14H21N5O2. The molecule has 2 N–H and O–H groups in total. The van der Waals surface area contributed by atoms with Crippen LogP contribution in [0, 0.1) is 0 Å². The Balaban J connectivity index is 1.90. The summed E-state index contributed by atoms with van der Waals surface area (Å²) >= 11 is 0. The van der Waals surface area contributed by atoms with Crippen LogP contribution in [0.3, 0.4) is 0 Å². The Hall–Kier alpha value is -1.89. The number of anilines is 1. The summed E-state index contributed by atoms with van der Waals surface area (Å²) in [5.74, 6) is 0.348.